The van der Waals surface area contributed by atoms with Gasteiger partial charge in [0, 0.05) is 17.8 Å². The lowest BCUT2D eigenvalue weighted by molar-refractivity contribution is 0.0176. The number of methoxy groups -OCH3 is 2. The number of carbonyl (C=O) groups excluding carboxylic acids is 3. The molecule has 1 heterocycles. The van der Waals surface area contributed by atoms with Crippen LogP contribution in [0, 0.1) is 0 Å². The molecule has 11 heteroatoms. The Morgan fingerprint density at radius 3 is 2.00 bits per heavy atom. The molecule has 0 radical (unpaired) electrons. The number of anilines is 2. The van der Waals surface area contributed by atoms with Gasteiger partial charge in [0.2, 0.25) is 0 Å². The molecule has 1 fully saturated rings. The van der Waals surface area contributed by atoms with Crippen molar-refractivity contribution in [1.82, 2.24) is 4.90 Å². The lowest BCUT2D eigenvalue weighted by Gasteiger charge is -2.28. The molecule has 1 saturated heterocycles. The number of nitrogen functional groups attached to an aromatic ring is 2. The van der Waals surface area contributed by atoms with Crippen LogP contribution in [0.5, 0.6) is 11.5 Å². The van der Waals surface area contributed by atoms with Crippen LogP contribution in [0.4, 0.5) is 16.2 Å². The summed E-state index contributed by atoms with van der Waals surface area (Å²) in [5.41, 5.74) is 11.9. The molecule has 200 valence electrons. The number of esters is 2. The number of likely N-dealkylation sites (tertiary alicyclic amines) is 1. The second-order valence-electron chi connectivity index (χ2n) is 9.55. The van der Waals surface area contributed by atoms with Gasteiger partial charge >= 0.3 is 18.0 Å². The average molecular weight is 516 g/mol. The Balaban J connectivity index is 1.77. The minimum Gasteiger partial charge on any atom is -0.491 e. The van der Waals surface area contributed by atoms with Crippen LogP contribution in [0.2, 0.25) is 0 Å². The van der Waals surface area contributed by atoms with E-state index in [0.29, 0.717) is 17.9 Å². The molecule has 0 spiro atoms. The van der Waals surface area contributed by atoms with Crippen molar-refractivity contribution in [2.45, 2.75) is 44.9 Å². The minimum atomic E-state index is -0.694. The highest BCUT2D eigenvalue weighted by Gasteiger charge is 2.39. The number of hydrogen-bond acceptors (Lipinski definition) is 10. The Labute approximate surface area is 215 Å². The predicted molar refractivity (Wildman–Crippen MR) is 136 cm³/mol. The maximum atomic E-state index is 13.0. The van der Waals surface area contributed by atoms with Crippen LogP contribution in [-0.2, 0) is 14.2 Å². The van der Waals surface area contributed by atoms with E-state index in [1.165, 1.54) is 26.4 Å². The highest BCUT2D eigenvalue weighted by molar-refractivity contribution is 5.96. The molecule has 0 saturated carbocycles. The van der Waals surface area contributed by atoms with E-state index >= 15 is 0 Å². The van der Waals surface area contributed by atoms with Gasteiger partial charge in [0.05, 0.1) is 37.9 Å². The maximum Gasteiger partial charge on any atom is 0.410 e. The summed E-state index contributed by atoms with van der Waals surface area (Å²) >= 11 is 0. The zero-order valence-electron chi connectivity index (χ0n) is 21.6. The predicted octanol–water partition coefficient (Wildman–Crippen LogP) is 3.26. The summed E-state index contributed by atoms with van der Waals surface area (Å²) in [4.78, 5) is 38.5. The summed E-state index contributed by atoms with van der Waals surface area (Å²) < 4.78 is 27.1. The molecule has 1 aliphatic rings. The summed E-state index contributed by atoms with van der Waals surface area (Å²) in [7, 11) is 2.53. The van der Waals surface area contributed by atoms with Gasteiger partial charge in [-0.05, 0) is 57.2 Å². The van der Waals surface area contributed by atoms with Gasteiger partial charge in [-0.1, -0.05) is 0 Å². The van der Waals surface area contributed by atoms with E-state index in [2.05, 4.69) is 0 Å². The topological polar surface area (TPSA) is 153 Å². The van der Waals surface area contributed by atoms with Gasteiger partial charge in [0.1, 0.15) is 29.8 Å². The largest absolute Gasteiger partial charge is 0.491 e. The number of benzene rings is 2. The third-order valence-corrected chi connectivity index (χ3v) is 5.61. The fourth-order valence-electron chi connectivity index (χ4n) is 3.85. The SMILES string of the molecule is COC(=O)c1cc(OC[C@H]2C[C@H](Oc3ccc(N)c(C(=O)OC)c3)CN2C(=O)OC(C)(C)C)ccc1N. The number of ether oxygens (including phenoxy) is 5. The number of rotatable bonds is 7. The molecule has 0 aliphatic carbocycles. The normalized spacial score (nSPS) is 17.2. The molecule has 11 nitrogen and oxygen atoms in total. The van der Waals surface area contributed by atoms with E-state index in [1.807, 2.05) is 0 Å². The first-order chi connectivity index (χ1) is 17.4. The summed E-state index contributed by atoms with van der Waals surface area (Å²) in [6.45, 7) is 5.69. The fraction of sp³-hybridized carbons (Fsp3) is 0.423. The van der Waals surface area contributed by atoms with Crippen LogP contribution in [0.15, 0.2) is 36.4 Å². The molecule has 3 rings (SSSR count). The zero-order chi connectivity index (χ0) is 27.3. The van der Waals surface area contributed by atoms with Crippen molar-refractivity contribution in [2.24, 2.45) is 0 Å². The van der Waals surface area contributed by atoms with E-state index in [-0.39, 0.29) is 35.7 Å². The highest BCUT2D eigenvalue weighted by atomic mass is 16.6. The standard InChI is InChI=1S/C26H33N3O8/c1-26(2,3)37-25(32)29-13-18(36-17-7-9-22(28)20(12-17)24(31)34-5)10-15(29)14-35-16-6-8-21(27)19(11-16)23(30)33-4/h6-9,11-12,15,18H,10,13-14,27-28H2,1-5H3/t15-,18+/m1/s1. The molecule has 4 N–H and O–H groups in total. The summed E-state index contributed by atoms with van der Waals surface area (Å²) in [6.07, 6.45) is -0.490. The van der Waals surface area contributed by atoms with Gasteiger partial charge in [-0.3, -0.25) is 4.90 Å². The first-order valence-electron chi connectivity index (χ1n) is 11.7. The molecule has 2 aromatic carbocycles. The molecule has 2 aromatic rings. The van der Waals surface area contributed by atoms with Crippen LogP contribution < -0.4 is 20.9 Å². The van der Waals surface area contributed by atoms with Crippen molar-refractivity contribution >= 4 is 29.4 Å². The van der Waals surface area contributed by atoms with Crippen molar-refractivity contribution in [3.05, 3.63) is 47.5 Å². The Hall–Kier alpha value is -4.15. The number of nitrogens with zero attached hydrogens (tertiary/aromatic N) is 1. The maximum absolute atomic E-state index is 13.0. The third kappa shape index (κ3) is 6.96. The van der Waals surface area contributed by atoms with Crippen LogP contribution in [0.1, 0.15) is 47.9 Å². The van der Waals surface area contributed by atoms with Crippen LogP contribution in [0.3, 0.4) is 0 Å². The van der Waals surface area contributed by atoms with Crippen LogP contribution in [0.25, 0.3) is 0 Å². The average Bonchev–Trinajstić information content (AvgIpc) is 3.25. The third-order valence-electron chi connectivity index (χ3n) is 5.61. The summed E-state index contributed by atoms with van der Waals surface area (Å²) in [5, 5.41) is 0. The number of nitrogens with two attached hydrogens (primary N) is 2. The number of carbonyl (C=O) groups is 3. The fourth-order valence-corrected chi connectivity index (χ4v) is 3.85. The quantitative estimate of drug-likeness (QED) is 0.319. The van der Waals surface area contributed by atoms with Gasteiger partial charge < -0.3 is 35.2 Å². The smallest absolute Gasteiger partial charge is 0.410 e. The molecule has 2 atom stereocenters. The van der Waals surface area contributed by atoms with Gasteiger partial charge in [0.25, 0.3) is 0 Å². The van der Waals surface area contributed by atoms with Gasteiger partial charge in [-0.15, -0.1) is 0 Å². The lowest BCUT2D eigenvalue weighted by atomic mass is 10.1. The van der Waals surface area contributed by atoms with Crippen molar-refractivity contribution in [3.63, 3.8) is 0 Å². The summed E-state index contributed by atoms with van der Waals surface area (Å²) in [5.74, 6) is -0.357. The first-order valence-corrected chi connectivity index (χ1v) is 11.7. The van der Waals surface area contributed by atoms with E-state index in [0.717, 1.165) is 0 Å². The second-order valence-corrected chi connectivity index (χ2v) is 9.55. The molecule has 0 bridgehead atoms. The first kappa shape index (κ1) is 27.4. The Bertz CT molecular complexity index is 1160. The minimum absolute atomic E-state index is 0.110. The van der Waals surface area contributed by atoms with Crippen molar-refractivity contribution in [3.8, 4) is 11.5 Å². The van der Waals surface area contributed by atoms with Crippen LogP contribution in [-0.4, -0.2) is 68.0 Å². The van der Waals surface area contributed by atoms with Crippen LogP contribution >= 0.6 is 0 Å². The molecular weight excluding hydrogens is 482 g/mol. The Morgan fingerprint density at radius 1 is 0.919 bits per heavy atom. The monoisotopic (exact) mass is 515 g/mol. The Kier molecular flexibility index (Phi) is 8.36. The molecule has 1 amide bonds. The van der Waals surface area contributed by atoms with Crippen molar-refractivity contribution in [1.29, 1.82) is 0 Å². The van der Waals surface area contributed by atoms with E-state index < -0.39 is 35.8 Å². The highest BCUT2D eigenvalue weighted by Crippen LogP contribution is 2.29. The lowest BCUT2D eigenvalue weighted by Crippen LogP contribution is -2.42. The van der Waals surface area contributed by atoms with E-state index in [9.17, 15) is 14.4 Å². The Morgan fingerprint density at radius 2 is 1.46 bits per heavy atom. The molecule has 0 unspecified atom stereocenters. The van der Waals surface area contributed by atoms with Gasteiger partial charge in [-0.25, -0.2) is 14.4 Å². The molecule has 1 aliphatic heterocycles. The second kappa shape index (κ2) is 11.3. The van der Waals surface area contributed by atoms with Gasteiger partial charge in [0.15, 0.2) is 0 Å². The molecule has 0 aromatic heterocycles. The number of hydrogen-bond donors (Lipinski definition) is 2. The van der Waals surface area contributed by atoms with E-state index in [4.69, 9.17) is 35.2 Å². The summed E-state index contributed by atoms with van der Waals surface area (Å²) in [6, 6.07) is 8.98. The van der Waals surface area contributed by atoms with Gasteiger partial charge in [-0.2, -0.15) is 0 Å². The zero-order valence-corrected chi connectivity index (χ0v) is 21.6. The molecule has 37 heavy (non-hydrogen) atoms. The number of amides is 1. The molecular formula is C26H33N3O8. The van der Waals surface area contributed by atoms with E-state index in [1.54, 1.807) is 49.9 Å². The van der Waals surface area contributed by atoms with Crippen molar-refractivity contribution < 1.29 is 38.1 Å². The van der Waals surface area contributed by atoms with Crippen molar-refractivity contribution in [2.75, 3.05) is 38.8 Å².